The van der Waals surface area contributed by atoms with Crippen molar-refractivity contribution in [1.29, 1.82) is 0 Å². The summed E-state index contributed by atoms with van der Waals surface area (Å²) >= 11 is 0. The van der Waals surface area contributed by atoms with Crippen LogP contribution in [-0.2, 0) is 0 Å². The minimum atomic E-state index is 0.741. The van der Waals surface area contributed by atoms with E-state index in [9.17, 15) is 0 Å². The first-order valence-corrected chi connectivity index (χ1v) is 8.99. The molecule has 1 unspecified atom stereocenters. The minimum absolute atomic E-state index is 0.741. The summed E-state index contributed by atoms with van der Waals surface area (Å²) in [6.07, 6.45) is 26.9. The van der Waals surface area contributed by atoms with Crippen molar-refractivity contribution >= 4 is 0 Å². The predicted molar refractivity (Wildman–Crippen MR) is 90.9 cm³/mol. The number of allylic oxidation sites excluding steroid dienone is 2. The highest BCUT2D eigenvalue weighted by molar-refractivity contribution is 4.94. The topological polar surface area (TPSA) is 12.0 Å². The van der Waals surface area contributed by atoms with Crippen molar-refractivity contribution < 1.29 is 0 Å². The molecular formula is C19H35N. The van der Waals surface area contributed by atoms with Gasteiger partial charge in [-0.25, -0.2) is 0 Å². The van der Waals surface area contributed by atoms with E-state index in [1.54, 1.807) is 0 Å². The van der Waals surface area contributed by atoms with Crippen LogP contribution < -0.4 is 5.32 Å². The number of unbranched alkanes of at least 4 members (excludes halogenated alkanes) is 9. The van der Waals surface area contributed by atoms with Crippen molar-refractivity contribution in [3.63, 3.8) is 0 Å². The molecule has 20 heavy (non-hydrogen) atoms. The molecule has 0 saturated heterocycles. The molecule has 0 saturated carbocycles. The van der Waals surface area contributed by atoms with Crippen molar-refractivity contribution in [3.8, 4) is 0 Å². The normalized spacial score (nSPS) is 17.9. The van der Waals surface area contributed by atoms with Crippen LogP contribution in [0.5, 0.6) is 0 Å². The van der Waals surface area contributed by atoms with Crippen LogP contribution >= 0.6 is 0 Å². The summed E-state index contributed by atoms with van der Waals surface area (Å²) in [6.45, 7) is 2.27. The predicted octanol–water partition coefficient (Wildman–Crippen LogP) is 6.12. The molecule has 1 rings (SSSR count). The summed E-state index contributed by atoms with van der Waals surface area (Å²) in [5.74, 6) is 0. The van der Waals surface area contributed by atoms with Gasteiger partial charge in [-0.1, -0.05) is 70.1 Å². The smallest absolute Gasteiger partial charge is 0.0290 e. The van der Waals surface area contributed by atoms with Gasteiger partial charge >= 0.3 is 0 Å². The molecule has 1 atom stereocenters. The largest absolute Gasteiger partial charge is 0.388 e. The van der Waals surface area contributed by atoms with Crippen LogP contribution in [0.1, 0.15) is 90.4 Å². The maximum absolute atomic E-state index is 3.41. The molecule has 1 heterocycles. The summed E-state index contributed by atoms with van der Waals surface area (Å²) < 4.78 is 0. The SMILES string of the molecule is CCCCCC/C=C\CCCCCCCC1CC=CN1. The van der Waals surface area contributed by atoms with E-state index in [2.05, 4.69) is 36.7 Å². The van der Waals surface area contributed by atoms with E-state index in [4.69, 9.17) is 0 Å². The van der Waals surface area contributed by atoms with Crippen LogP contribution in [0.25, 0.3) is 0 Å². The standard InChI is InChI=1S/C19H35N/c1-2-3-4-5-6-7-8-9-10-11-12-13-14-16-19-17-15-18-20-19/h7-8,15,18-20H,2-6,9-14,16-17H2,1H3/b8-7-. The quantitative estimate of drug-likeness (QED) is 0.316. The van der Waals surface area contributed by atoms with E-state index in [1.165, 1.54) is 83.5 Å². The molecule has 0 aromatic rings. The Morgan fingerprint density at radius 1 is 0.900 bits per heavy atom. The van der Waals surface area contributed by atoms with Gasteiger partial charge in [0.05, 0.1) is 0 Å². The maximum atomic E-state index is 3.41. The lowest BCUT2D eigenvalue weighted by atomic mass is 10.0. The second kappa shape index (κ2) is 13.3. The molecule has 0 aromatic heterocycles. The van der Waals surface area contributed by atoms with Crippen LogP contribution in [0.4, 0.5) is 0 Å². The minimum Gasteiger partial charge on any atom is -0.388 e. The summed E-state index contributed by atoms with van der Waals surface area (Å²) in [4.78, 5) is 0. The van der Waals surface area contributed by atoms with Gasteiger partial charge in [0.2, 0.25) is 0 Å². The average molecular weight is 277 g/mol. The molecular weight excluding hydrogens is 242 g/mol. The first-order valence-electron chi connectivity index (χ1n) is 8.99. The van der Waals surface area contributed by atoms with Gasteiger partial charge in [0.25, 0.3) is 0 Å². The van der Waals surface area contributed by atoms with Gasteiger partial charge in [-0.15, -0.1) is 0 Å². The highest BCUT2D eigenvalue weighted by Crippen LogP contribution is 2.13. The number of hydrogen-bond acceptors (Lipinski definition) is 1. The summed E-state index contributed by atoms with van der Waals surface area (Å²) in [7, 11) is 0. The lowest BCUT2D eigenvalue weighted by molar-refractivity contribution is 0.516. The monoisotopic (exact) mass is 277 g/mol. The third-order valence-electron chi connectivity index (χ3n) is 4.18. The molecule has 0 bridgehead atoms. The van der Waals surface area contributed by atoms with Gasteiger partial charge in [-0.3, -0.25) is 0 Å². The van der Waals surface area contributed by atoms with Crippen LogP contribution in [0.2, 0.25) is 0 Å². The van der Waals surface area contributed by atoms with Crippen molar-refractivity contribution in [2.75, 3.05) is 0 Å². The van der Waals surface area contributed by atoms with Gasteiger partial charge in [0.1, 0.15) is 0 Å². The van der Waals surface area contributed by atoms with Crippen molar-refractivity contribution in [2.45, 2.75) is 96.4 Å². The Labute approximate surface area is 126 Å². The Kier molecular flexibility index (Phi) is 11.5. The van der Waals surface area contributed by atoms with Crippen LogP contribution in [0, 0.1) is 0 Å². The molecule has 116 valence electrons. The number of rotatable bonds is 13. The Hall–Kier alpha value is -0.720. The second-order valence-electron chi connectivity index (χ2n) is 6.17. The Morgan fingerprint density at radius 2 is 1.55 bits per heavy atom. The fourth-order valence-corrected chi connectivity index (χ4v) is 2.81. The lowest BCUT2D eigenvalue weighted by Gasteiger charge is -2.09. The van der Waals surface area contributed by atoms with E-state index >= 15 is 0 Å². The van der Waals surface area contributed by atoms with Crippen LogP contribution in [-0.4, -0.2) is 6.04 Å². The second-order valence-corrected chi connectivity index (χ2v) is 6.17. The molecule has 1 aliphatic rings. The summed E-state index contributed by atoms with van der Waals surface area (Å²) in [5.41, 5.74) is 0. The van der Waals surface area contributed by atoms with Gasteiger partial charge in [-0.05, 0) is 44.7 Å². The molecule has 1 aliphatic heterocycles. The third kappa shape index (κ3) is 10.1. The van der Waals surface area contributed by atoms with E-state index in [1.807, 2.05) is 0 Å². The van der Waals surface area contributed by atoms with Gasteiger partial charge in [0, 0.05) is 6.04 Å². The molecule has 0 aromatic carbocycles. The fraction of sp³-hybridized carbons (Fsp3) is 0.789. The van der Waals surface area contributed by atoms with Crippen molar-refractivity contribution in [3.05, 3.63) is 24.4 Å². The number of hydrogen-bond donors (Lipinski definition) is 1. The Morgan fingerprint density at radius 3 is 2.20 bits per heavy atom. The van der Waals surface area contributed by atoms with Gasteiger partial charge in [0.15, 0.2) is 0 Å². The summed E-state index contributed by atoms with van der Waals surface area (Å²) in [5, 5.41) is 3.41. The van der Waals surface area contributed by atoms with Crippen molar-refractivity contribution in [1.82, 2.24) is 5.32 Å². The van der Waals surface area contributed by atoms with Crippen molar-refractivity contribution in [2.24, 2.45) is 0 Å². The Balaban J connectivity index is 1.72. The van der Waals surface area contributed by atoms with E-state index in [0.29, 0.717) is 0 Å². The van der Waals surface area contributed by atoms with E-state index < -0.39 is 0 Å². The number of nitrogens with one attached hydrogen (secondary N) is 1. The van der Waals surface area contributed by atoms with Gasteiger partial charge < -0.3 is 5.32 Å². The zero-order chi connectivity index (χ0) is 14.3. The molecule has 0 fully saturated rings. The highest BCUT2D eigenvalue weighted by atomic mass is 14.9. The molecule has 0 radical (unpaired) electrons. The summed E-state index contributed by atoms with van der Waals surface area (Å²) in [6, 6.07) is 0.741. The zero-order valence-electron chi connectivity index (χ0n) is 13.6. The molecule has 0 spiro atoms. The lowest BCUT2D eigenvalue weighted by Crippen LogP contribution is -2.18. The fourth-order valence-electron chi connectivity index (χ4n) is 2.81. The van der Waals surface area contributed by atoms with Crippen LogP contribution in [0.15, 0.2) is 24.4 Å². The molecule has 0 amide bonds. The zero-order valence-corrected chi connectivity index (χ0v) is 13.6. The molecule has 1 nitrogen and oxygen atoms in total. The van der Waals surface area contributed by atoms with Gasteiger partial charge in [-0.2, -0.15) is 0 Å². The maximum Gasteiger partial charge on any atom is 0.0290 e. The van der Waals surface area contributed by atoms with Crippen LogP contribution in [0.3, 0.4) is 0 Å². The average Bonchev–Trinajstić information content (AvgIpc) is 2.97. The highest BCUT2D eigenvalue weighted by Gasteiger charge is 2.07. The molecule has 1 heteroatoms. The van der Waals surface area contributed by atoms with E-state index in [0.717, 1.165) is 6.04 Å². The molecule has 1 N–H and O–H groups in total. The molecule has 0 aliphatic carbocycles. The first kappa shape index (κ1) is 17.3. The third-order valence-corrected chi connectivity index (χ3v) is 4.18. The first-order chi connectivity index (χ1) is 9.93. The Bertz CT molecular complexity index is 246. The van der Waals surface area contributed by atoms with E-state index in [-0.39, 0.29) is 0 Å².